The maximum Gasteiger partial charge on any atom is 0.375 e. The van der Waals surface area contributed by atoms with Crippen molar-refractivity contribution >= 4 is 50.7 Å². The van der Waals surface area contributed by atoms with Crippen LogP contribution < -0.4 is 25.4 Å². The van der Waals surface area contributed by atoms with Crippen LogP contribution in [0.1, 0.15) is 24.2 Å². The van der Waals surface area contributed by atoms with Gasteiger partial charge in [0.1, 0.15) is 10.8 Å². The molecule has 0 saturated carbocycles. The molecule has 1 heterocycles. The van der Waals surface area contributed by atoms with Crippen molar-refractivity contribution < 1.29 is 17.9 Å². The molecule has 5 N–H and O–H groups in total. The highest BCUT2D eigenvalue weighted by atomic mass is 35.5. The number of benzene rings is 2. The van der Waals surface area contributed by atoms with E-state index in [1.807, 2.05) is 13.8 Å². The maximum atomic E-state index is 12.9. The number of amides is 1. The number of rotatable bonds is 10. The largest absolute Gasteiger partial charge is 0.495 e. The summed E-state index contributed by atoms with van der Waals surface area (Å²) in [4.78, 5) is 20.7. The minimum Gasteiger partial charge on any atom is -0.495 e. The molecule has 0 aliphatic carbocycles. The van der Waals surface area contributed by atoms with Gasteiger partial charge in [-0.25, -0.2) is 9.19 Å². The molecule has 1 atom stereocenters. The molecule has 3 rings (SSSR count). The lowest BCUT2D eigenvalue weighted by Gasteiger charge is -2.14. The molecule has 0 radical (unpaired) electrons. The fraction of sp³-hybridized carbons (Fsp3) is 0.261. The number of hydrogen-bond acceptors (Lipinski definition) is 7. The van der Waals surface area contributed by atoms with E-state index < -0.39 is 10.0 Å². The first-order valence-electron chi connectivity index (χ1n) is 10.7. The van der Waals surface area contributed by atoms with Crippen LogP contribution in [-0.2, 0) is 10.0 Å². The SMILES string of the molecule is CNC(=O)c1ccc(Nc2ncc(Cl)c(Nc3ccccc3S(=O)(=[OH+])NCC(C)C)n2)c(OC)c1. The predicted octanol–water partition coefficient (Wildman–Crippen LogP) is 4.08. The van der Waals surface area contributed by atoms with E-state index in [2.05, 4.69) is 30.6 Å². The van der Waals surface area contributed by atoms with Gasteiger partial charge in [-0.1, -0.05) is 37.6 Å². The number of anilines is 4. The van der Waals surface area contributed by atoms with Crippen LogP contribution >= 0.6 is 11.6 Å². The number of ether oxygens (including phenoxy) is 1. The molecular formula is C23H28ClN6O4S+. The lowest BCUT2D eigenvalue weighted by atomic mass is 10.1. The van der Waals surface area contributed by atoms with Crippen molar-refractivity contribution in [3.63, 3.8) is 0 Å². The third kappa shape index (κ3) is 6.59. The van der Waals surface area contributed by atoms with Gasteiger partial charge in [-0.3, -0.25) is 4.79 Å². The third-order valence-corrected chi connectivity index (χ3v) is 6.59. The molecule has 0 saturated heterocycles. The lowest BCUT2D eigenvalue weighted by Crippen LogP contribution is -2.28. The number of para-hydroxylation sites is 1. The van der Waals surface area contributed by atoms with E-state index in [0.29, 0.717) is 29.2 Å². The van der Waals surface area contributed by atoms with Crippen molar-refractivity contribution in [2.75, 3.05) is 31.3 Å². The van der Waals surface area contributed by atoms with Crippen molar-refractivity contribution in [3.8, 4) is 5.75 Å². The zero-order valence-electron chi connectivity index (χ0n) is 19.8. The Labute approximate surface area is 209 Å². The molecule has 0 aliphatic rings. The van der Waals surface area contributed by atoms with Crippen molar-refractivity contribution in [3.05, 3.63) is 59.2 Å². The molecule has 1 unspecified atom stereocenters. The molecule has 1 amide bonds. The van der Waals surface area contributed by atoms with Crippen molar-refractivity contribution in [1.82, 2.24) is 20.0 Å². The van der Waals surface area contributed by atoms with Gasteiger partial charge in [0.25, 0.3) is 5.91 Å². The van der Waals surface area contributed by atoms with Crippen LogP contribution in [0.4, 0.5) is 23.1 Å². The summed E-state index contributed by atoms with van der Waals surface area (Å²) in [5, 5.41) is 8.85. The lowest BCUT2D eigenvalue weighted by molar-refractivity contribution is 0.0962. The van der Waals surface area contributed by atoms with Gasteiger partial charge in [-0.05, 0) is 36.2 Å². The van der Waals surface area contributed by atoms with Gasteiger partial charge in [0.05, 0.1) is 24.7 Å². The Morgan fingerprint density at radius 1 is 1.17 bits per heavy atom. The first kappa shape index (κ1) is 26.2. The highest BCUT2D eigenvalue weighted by Crippen LogP contribution is 2.31. The zero-order chi connectivity index (χ0) is 25.6. The zero-order valence-corrected chi connectivity index (χ0v) is 21.3. The number of halogens is 1. The minimum atomic E-state index is -3.51. The van der Waals surface area contributed by atoms with Gasteiger partial charge in [0.2, 0.25) is 5.95 Å². The van der Waals surface area contributed by atoms with Crippen molar-refractivity contribution in [1.29, 1.82) is 0 Å². The van der Waals surface area contributed by atoms with Crippen LogP contribution in [0.2, 0.25) is 5.02 Å². The first-order chi connectivity index (χ1) is 16.6. The second kappa shape index (κ2) is 11.3. The summed E-state index contributed by atoms with van der Waals surface area (Å²) in [5.41, 5.74) is 1.34. The fourth-order valence-electron chi connectivity index (χ4n) is 3.01. The molecule has 0 aliphatic heterocycles. The molecule has 0 fully saturated rings. The number of aromatic nitrogens is 2. The molecule has 186 valence electrons. The van der Waals surface area contributed by atoms with E-state index in [1.54, 1.807) is 49.5 Å². The highest BCUT2D eigenvalue weighted by Gasteiger charge is 2.24. The van der Waals surface area contributed by atoms with Crippen LogP contribution in [0.15, 0.2) is 53.6 Å². The molecule has 12 heteroatoms. The van der Waals surface area contributed by atoms with Gasteiger partial charge in [0.15, 0.2) is 10.7 Å². The summed E-state index contributed by atoms with van der Waals surface area (Å²) in [5.74, 6) is 0.793. The summed E-state index contributed by atoms with van der Waals surface area (Å²) in [6.07, 6.45) is 1.40. The topological polar surface area (TPSA) is 139 Å². The molecular weight excluding hydrogens is 492 g/mol. The molecule has 10 nitrogen and oxygen atoms in total. The third-order valence-electron chi connectivity index (χ3n) is 4.81. The Morgan fingerprint density at radius 2 is 1.91 bits per heavy atom. The minimum absolute atomic E-state index is 0.177. The predicted molar refractivity (Wildman–Crippen MR) is 138 cm³/mol. The molecule has 0 bridgehead atoms. The van der Waals surface area contributed by atoms with Crippen molar-refractivity contribution in [2.45, 2.75) is 18.7 Å². The van der Waals surface area contributed by atoms with Gasteiger partial charge >= 0.3 is 10.0 Å². The molecule has 0 spiro atoms. The summed E-state index contributed by atoms with van der Waals surface area (Å²) in [7, 11) is -0.481. The van der Waals surface area contributed by atoms with Crippen molar-refractivity contribution in [2.24, 2.45) is 5.92 Å². The Morgan fingerprint density at radius 3 is 2.60 bits per heavy atom. The Kier molecular flexibility index (Phi) is 8.49. The maximum absolute atomic E-state index is 12.9. The average Bonchev–Trinajstić information content (AvgIpc) is 2.85. The number of methoxy groups -OCH3 is 1. The Bertz CT molecular complexity index is 1320. The van der Waals surface area contributed by atoms with Crippen LogP contribution in [-0.4, -0.2) is 45.0 Å². The van der Waals surface area contributed by atoms with Gasteiger partial charge in [-0.15, -0.1) is 0 Å². The summed E-state index contributed by atoms with van der Waals surface area (Å²) in [6, 6.07) is 11.5. The van der Waals surface area contributed by atoms with Gasteiger partial charge in [0, 0.05) is 19.2 Å². The smallest absolute Gasteiger partial charge is 0.375 e. The van der Waals surface area contributed by atoms with E-state index in [0.717, 1.165) is 0 Å². The number of nitrogens with zero attached hydrogens (tertiary/aromatic N) is 2. The van der Waals surface area contributed by atoms with E-state index in [9.17, 15) is 13.2 Å². The molecule has 35 heavy (non-hydrogen) atoms. The van der Waals surface area contributed by atoms with Crippen LogP contribution in [0.5, 0.6) is 5.75 Å². The first-order valence-corrected chi connectivity index (χ1v) is 12.6. The summed E-state index contributed by atoms with van der Waals surface area (Å²) in [6.45, 7) is 4.26. The summed E-state index contributed by atoms with van der Waals surface area (Å²) < 4.78 is 31.7. The number of nitrogens with one attached hydrogen (secondary N) is 4. The van der Waals surface area contributed by atoms with Crippen LogP contribution in [0.25, 0.3) is 0 Å². The van der Waals surface area contributed by atoms with E-state index in [-0.39, 0.29) is 33.5 Å². The standard InChI is InChI=1S/C23H27ClN6O4S/c1-14(2)12-27-35(32,33)20-8-6-5-7-18(20)28-21-16(24)13-26-23(30-21)29-17-10-9-15(22(31)25-3)11-19(17)34-4/h5-11,13-14H,12H2,1-4H3,(H,25,31)(H,27,32,33)(H2,26,28,29,30)/p+1. The Balaban J connectivity index is 1.89. The number of carbonyl (C=O) groups excluding carboxylic acids is 1. The normalized spacial score (nSPS) is 12.6. The number of hydrogen-bond donors (Lipinski definition) is 4. The summed E-state index contributed by atoms with van der Waals surface area (Å²) >= 11 is 6.31. The van der Waals surface area contributed by atoms with E-state index in [4.69, 9.17) is 16.3 Å². The van der Waals surface area contributed by atoms with Gasteiger partial charge < -0.3 is 20.7 Å². The van der Waals surface area contributed by atoms with E-state index in [1.165, 1.54) is 13.3 Å². The van der Waals surface area contributed by atoms with Crippen LogP contribution in [0.3, 0.4) is 0 Å². The second-order valence-corrected chi connectivity index (χ2v) is 10.1. The highest BCUT2D eigenvalue weighted by molar-refractivity contribution is 7.89. The fourth-order valence-corrected chi connectivity index (χ4v) is 4.54. The van der Waals surface area contributed by atoms with E-state index >= 15 is 0 Å². The average molecular weight is 520 g/mol. The second-order valence-electron chi connectivity index (χ2n) is 7.90. The number of carbonyl (C=O) groups is 1. The van der Waals surface area contributed by atoms with Gasteiger partial charge in [-0.2, -0.15) is 13.9 Å². The molecule has 1 aromatic heterocycles. The Hall–Kier alpha value is -3.41. The quantitative estimate of drug-likeness (QED) is 0.296. The molecule has 2 aromatic carbocycles. The van der Waals surface area contributed by atoms with Crippen LogP contribution in [0, 0.1) is 5.92 Å². The molecule has 3 aromatic rings. The monoisotopic (exact) mass is 519 g/mol.